The molecule has 7 saturated carbocycles. The number of likely N-dealkylation sites (tertiary alicyclic amines) is 7. The van der Waals surface area contributed by atoms with E-state index in [1.807, 2.05) is 30.3 Å². The lowest BCUT2D eigenvalue weighted by molar-refractivity contribution is 0.0912. The first-order valence-electron chi connectivity index (χ1n) is 54.8. The third-order valence-electron chi connectivity index (χ3n) is 31.9. The number of nitrogens with one attached hydrogen (secondary N) is 8. The second-order valence-corrected chi connectivity index (χ2v) is 46.6. The molecule has 7 amide bonds. The van der Waals surface area contributed by atoms with Gasteiger partial charge >= 0.3 is 0 Å². The van der Waals surface area contributed by atoms with Crippen LogP contribution in [0.1, 0.15) is 390 Å². The van der Waals surface area contributed by atoms with Crippen LogP contribution in [-0.4, -0.2) is 317 Å². The van der Waals surface area contributed by atoms with E-state index in [0.717, 1.165) is 144 Å². The van der Waals surface area contributed by atoms with E-state index in [-0.39, 0.29) is 89.5 Å². The van der Waals surface area contributed by atoms with E-state index in [9.17, 15) is 33.6 Å². The molecule has 7 aliphatic heterocycles. The molecule has 7 saturated heterocycles. The van der Waals surface area contributed by atoms with Gasteiger partial charge in [0.2, 0.25) is 11.6 Å². The fraction of sp³-hybridized carbons (Fsp3) is 0.700. The molecule has 7 aromatic rings. The Bertz CT molecular complexity index is 4980. The van der Waals surface area contributed by atoms with E-state index >= 15 is 0 Å². The van der Waals surface area contributed by atoms with Gasteiger partial charge in [0.05, 0.1) is 34.9 Å². The smallest absolute Gasteiger partial charge is 0.289 e. The Morgan fingerprint density at radius 3 is 0.986 bits per heavy atom. The number of carbonyl (C=O) groups is 7. The second-order valence-electron chi connectivity index (χ2n) is 46.6. The quantitative estimate of drug-likeness (QED) is 0.0226. The van der Waals surface area contributed by atoms with Crippen LogP contribution in [-0.2, 0) is 0 Å². The first-order chi connectivity index (χ1) is 69.3. The van der Waals surface area contributed by atoms with E-state index in [1.54, 1.807) is 31.0 Å². The van der Waals surface area contributed by atoms with Crippen molar-refractivity contribution in [2.45, 2.75) is 361 Å². The summed E-state index contributed by atoms with van der Waals surface area (Å²) in [4.78, 5) is 133. The van der Waals surface area contributed by atoms with Crippen molar-refractivity contribution in [3.8, 4) is 0 Å². The Morgan fingerprint density at radius 1 is 0.310 bits per heavy atom. The topological polar surface area (TPSA) is 410 Å². The Labute approximate surface area is 859 Å². The first kappa shape index (κ1) is 109. The van der Waals surface area contributed by atoms with Gasteiger partial charge in [-0.1, -0.05) is 48.5 Å². The zero-order chi connectivity index (χ0) is 103. The molecule has 14 atom stereocenters. The summed E-state index contributed by atoms with van der Waals surface area (Å²) in [6, 6.07) is 14.6. The molecule has 0 unspecified atom stereocenters. The van der Waals surface area contributed by atoms with E-state index in [1.165, 1.54) is 89.6 Å². The van der Waals surface area contributed by atoms with Crippen molar-refractivity contribution in [1.29, 1.82) is 0 Å². The molecule has 7 aliphatic carbocycles. The van der Waals surface area contributed by atoms with Gasteiger partial charge < -0.3 is 41.6 Å². The highest BCUT2D eigenvalue weighted by atomic mass is 16.3. The van der Waals surface area contributed by atoms with Crippen LogP contribution < -0.4 is 37.2 Å². The molecule has 0 radical (unpaired) electrons. The molecule has 8 N–H and O–H groups in total. The van der Waals surface area contributed by atoms with Crippen molar-refractivity contribution in [1.82, 2.24) is 137 Å². The average Bonchev–Trinajstić information content (AvgIpc) is 1.68. The zero-order valence-electron chi connectivity index (χ0n) is 90.2. The molecule has 14 fully saturated rings. The van der Waals surface area contributed by atoms with Gasteiger partial charge in [-0.25, -0.2) is 34.9 Å². The van der Waals surface area contributed by atoms with Gasteiger partial charge in [-0.05, 0) is 270 Å². The summed E-state index contributed by atoms with van der Waals surface area (Å²) in [5.74, 6) is 7.88. The number of rotatable bonds is 28. The molecule has 790 valence electrons. The van der Waals surface area contributed by atoms with Crippen LogP contribution in [0.5, 0.6) is 0 Å². The Kier molecular flexibility index (Phi) is 37.1. The molecule has 145 heavy (non-hydrogen) atoms. The minimum atomic E-state index is -0.153. The first-order valence-corrected chi connectivity index (χ1v) is 54.8. The molecule has 7 aromatic heterocycles. The van der Waals surface area contributed by atoms with E-state index in [0.29, 0.717) is 159 Å². The monoisotopic (exact) mass is 1990 g/mol. The minimum absolute atomic E-state index is 0.0192. The maximum absolute atomic E-state index is 12.4. The summed E-state index contributed by atoms with van der Waals surface area (Å²) < 4.78 is 5.38. The van der Waals surface area contributed by atoms with Crippen LogP contribution in [0.3, 0.4) is 0 Å². The largest absolute Gasteiger partial charge is 0.448 e. The number of aromatic amines is 1. The van der Waals surface area contributed by atoms with Gasteiger partial charge in [-0.3, -0.25) is 73.0 Å². The molecule has 14 heterocycles. The number of hydrogen-bond donors (Lipinski definition) is 8. The average molecular weight is 2000 g/mol. The van der Waals surface area contributed by atoms with Crippen LogP contribution >= 0.6 is 0 Å². The van der Waals surface area contributed by atoms with Crippen molar-refractivity contribution in [3.05, 3.63) is 154 Å². The predicted octanol–water partition coefficient (Wildman–Crippen LogP) is 12.8. The van der Waals surface area contributed by atoms with Crippen LogP contribution in [0.2, 0.25) is 0 Å². The lowest BCUT2D eigenvalue weighted by atomic mass is 10.1. The highest BCUT2D eigenvalue weighted by Gasteiger charge is 2.43. The zero-order valence-corrected chi connectivity index (χ0v) is 90.2. The summed E-state index contributed by atoms with van der Waals surface area (Å²) in [6.45, 7) is 59.8. The van der Waals surface area contributed by atoms with E-state index < -0.39 is 0 Å². The van der Waals surface area contributed by atoms with Crippen molar-refractivity contribution in [2.24, 2.45) is 41.4 Å². The molecule has 14 aliphatic rings. The summed E-state index contributed by atoms with van der Waals surface area (Å²) in [6.07, 6.45) is 28.0. The number of aromatic nitrogens is 13. The van der Waals surface area contributed by atoms with Crippen LogP contribution in [0, 0.1) is 41.4 Å². The molecule has 35 nitrogen and oxygen atoms in total. The van der Waals surface area contributed by atoms with Gasteiger partial charge in [-0.15, -0.1) is 0 Å². The Balaban J connectivity index is 0.000000127. The normalized spacial score (nSPS) is 26.5. The number of nitrogens with zero attached hydrogens (tertiary/aromatic N) is 19. The summed E-state index contributed by atoms with van der Waals surface area (Å²) in [5, 5.41) is 45.3. The maximum Gasteiger partial charge on any atom is 0.289 e. The fourth-order valence-electron chi connectivity index (χ4n) is 20.4. The highest BCUT2D eigenvalue weighted by Crippen LogP contribution is 2.44. The standard InChI is InChI=1S/5C16H24N4O.C15H24N4O.C15H23N3O2/c2*1-10(2)20-8-11(3)15(9-20)18-16(21)13-6-14(12-4-5-12)19-17-7-13;1-10(2)20-8-11(3)14(9-20)19-16(21)15-17-6-13(7-18-15)12-4-5-12;1-10(2)20-7-11(3)15(8-20)19-16(21)14-6-13(12-4-5-12)17-9-18-14;1-10(2)20-8-11(3)14(9-20)19-16(21)15-17-7-6-13(18-15)12-4-5-12;1-9(2)19-7-10(3)14(8-19)16-15(20)13-6-12(17-18-13)11-4-5-11;1-9(2)18-6-10(3)12(7-18)16-14(19)13-8-20-15(17-13)11-4-5-11/h2*6-7,10-12,15H,4-5,8-9H2,1-3H3,(H,18,21);6-7,10-12,14H,4-5,8-9H2,1-3H3,(H,19,21);6,9-12,15H,4-5,7-8H2,1-3H3,(H,19,21);6-7,10-12,14H,4-5,8-9H2,1-3H3,(H,19,21);6,9-11,14H,4-5,7-8H2,1-3H3,(H,16,20)(H,17,18);8-12H,4-7H2,1-3H3,(H,16,19)/t11-,15+;11-,15-;11-,14-;11-,15-;11-,14-;10-,14-;10-,12+/m0111110/s1. The minimum Gasteiger partial charge on any atom is -0.448 e. The number of carbonyl (C=O) groups excluding carboxylic acids is 7. The third kappa shape index (κ3) is 30.8. The summed E-state index contributed by atoms with van der Waals surface area (Å²) in [5.41, 5.74) is 8.95. The van der Waals surface area contributed by atoms with Crippen molar-refractivity contribution in [2.75, 3.05) is 91.6 Å². The third-order valence-corrected chi connectivity index (χ3v) is 31.9. The molecular weight excluding hydrogens is 1830 g/mol. The van der Waals surface area contributed by atoms with Gasteiger partial charge in [-0.2, -0.15) is 25.5 Å². The molecule has 0 bridgehead atoms. The fourth-order valence-corrected chi connectivity index (χ4v) is 20.4. The Morgan fingerprint density at radius 2 is 0.634 bits per heavy atom. The van der Waals surface area contributed by atoms with Gasteiger partial charge in [0.1, 0.15) is 24.0 Å². The van der Waals surface area contributed by atoms with E-state index in [2.05, 4.69) is 282 Å². The molecule has 21 rings (SSSR count). The molecular formula is C110H167N27O8. The van der Waals surface area contributed by atoms with Gasteiger partial charge in [0.25, 0.3) is 41.4 Å². The second kappa shape index (κ2) is 49.3. The van der Waals surface area contributed by atoms with E-state index in [4.69, 9.17) is 4.42 Å². The molecule has 0 aromatic carbocycles. The predicted molar refractivity (Wildman–Crippen MR) is 559 cm³/mol. The van der Waals surface area contributed by atoms with Crippen molar-refractivity contribution in [3.63, 3.8) is 0 Å². The van der Waals surface area contributed by atoms with Gasteiger partial charge in [0, 0.05) is 247 Å². The van der Waals surface area contributed by atoms with Gasteiger partial charge in [0.15, 0.2) is 11.6 Å². The SMILES string of the molecule is CC(C)N1C[C@@H](C)[C@H](NC(=O)c2cc(C3CC3)[nH]n2)C1.CC(C)N1C[C@@H](C)[C@H](NC(=O)c2cc(C3CC3)ncn2)C1.CC(C)N1C[C@@H](C)[C@H](NC(=O)c2cnnc(C3CC3)c2)C1.CC(C)N1C[C@@H](C)[C@H](NC(=O)c2ncc(C3CC3)cn2)C1.CC(C)N1C[C@@H](C)[C@H](NC(=O)c2nccc(C3CC3)n2)C1.CC(C)N1C[C@H](C)[C@H](NC(=O)c2cnnc(C3CC3)c2)C1.CC(C)N1C[C@H](C)[C@H](NC(=O)c2coc(C3CC3)n2)C1. The van der Waals surface area contributed by atoms with Crippen LogP contribution in [0.15, 0.2) is 78.3 Å². The molecule has 35 heteroatoms. The number of H-pyrrole nitrogens is 1. The Hall–Kier alpha value is -10.2. The molecule has 0 spiro atoms. The summed E-state index contributed by atoms with van der Waals surface area (Å²) in [7, 11) is 0. The number of amides is 7. The lowest BCUT2D eigenvalue weighted by Gasteiger charge is -2.20. The van der Waals surface area contributed by atoms with Crippen molar-refractivity contribution < 1.29 is 38.0 Å². The lowest BCUT2D eigenvalue weighted by Crippen LogP contribution is -2.41. The maximum atomic E-state index is 12.4. The van der Waals surface area contributed by atoms with Crippen molar-refractivity contribution >= 4 is 41.4 Å². The highest BCUT2D eigenvalue weighted by molar-refractivity contribution is 5.96. The van der Waals surface area contributed by atoms with Crippen LogP contribution in [0.25, 0.3) is 0 Å². The number of hydrogen-bond acceptors (Lipinski definition) is 27. The summed E-state index contributed by atoms with van der Waals surface area (Å²) >= 11 is 0. The number of oxazole rings is 1. The van der Waals surface area contributed by atoms with Crippen LogP contribution in [0.4, 0.5) is 0 Å².